The Bertz CT molecular complexity index is 675. The van der Waals surface area contributed by atoms with Gasteiger partial charge in [0.2, 0.25) is 0 Å². The molecule has 3 atom stereocenters. The molecule has 0 radical (unpaired) electrons. The van der Waals surface area contributed by atoms with Crippen LogP contribution in [0.25, 0.3) is 0 Å². The standard InChI is InChI=1S/C19H26N2O4/c1-21-9-8-19(13-4-5-15(23-2)16(10-13)24-3)7-6-14(11-17(19)21)25-18(22)12-20/h4-7,10,14,17H,8-9,11-12,20H2,1-3H3/t14-,17+,19+/m1/s1. The molecule has 2 aliphatic rings. The first-order chi connectivity index (χ1) is 12.0. The predicted molar refractivity (Wildman–Crippen MR) is 95.0 cm³/mol. The molecular weight excluding hydrogens is 320 g/mol. The number of likely N-dealkylation sites (tertiary alicyclic amines) is 1. The zero-order valence-corrected chi connectivity index (χ0v) is 15.0. The van der Waals surface area contributed by atoms with Gasteiger partial charge in [0.05, 0.1) is 20.8 Å². The molecule has 25 heavy (non-hydrogen) atoms. The molecule has 1 heterocycles. The van der Waals surface area contributed by atoms with E-state index in [0.29, 0.717) is 0 Å². The summed E-state index contributed by atoms with van der Waals surface area (Å²) >= 11 is 0. The number of hydrogen-bond donors (Lipinski definition) is 1. The summed E-state index contributed by atoms with van der Waals surface area (Å²) in [6.45, 7) is 0.895. The molecule has 1 aliphatic carbocycles. The average Bonchev–Trinajstić information content (AvgIpc) is 2.98. The molecule has 6 heteroatoms. The van der Waals surface area contributed by atoms with Crippen molar-refractivity contribution < 1.29 is 19.0 Å². The normalized spacial score (nSPS) is 28.5. The maximum absolute atomic E-state index is 11.5. The van der Waals surface area contributed by atoms with Crippen LogP contribution in [0.15, 0.2) is 30.4 Å². The van der Waals surface area contributed by atoms with Gasteiger partial charge in [-0.1, -0.05) is 12.1 Å². The van der Waals surface area contributed by atoms with E-state index in [-0.39, 0.29) is 30.1 Å². The zero-order valence-electron chi connectivity index (χ0n) is 15.0. The van der Waals surface area contributed by atoms with Crippen molar-refractivity contribution in [2.24, 2.45) is 5.73 Å². The number of hydrogen-bond acceptors (Lipinski definition) is 6. The zero-order chi connectivity index (χ0) is 18.0. The summed E-state index contributed by atoms with van der Waals surface area (Å²) in [6.07, 6.45) is 5.74. The van der Waals surface area contributed by atoms with Gasteiger partial charge in [0.25, 0.3) is 0 Å². The van der Waals surface area contributed by atoms with Crippen molar-refractivity contribution in [2.75, 3.05) is 34.4 Å². The van der Waals surface area contributed by atoms with Gasteiger partial charge in [-0.15, -0.1) is 0 Å². The third-order valence-electron chi connectivity index (χ3n) is 5.44. The van der Waals surface area contributed by atoms with Crippen LogP contribution >= 0.6 is 0 Å². The van der Waals surface area contributed by atoms with Gasteiger partial charge in [0.1, 0.15) is 6.10 Å². The van der Waals surface area contributed by atoms with Crippen LogP contribution in [0.5, 0.6) is 11.5 Å². The second-order valence-electron chi connectivity index (χ2n) is 6.68. The van der Waals surface area contributed by atoms with Crippen molar-refractivity contribution >= 4 is 5.97 Å². The van der Waals surface area contributed by atoms with Gasteiger partial charge >= 0.3 is 5.97 Å². The molecule has 3 rings (SSSR count). The van der Waals surface area contributed by atoms with Crippen LogP contribution in [0.4, 0.5) is 0 Å². The monoisotopic (exact) mass is 346 g/mol. The molecule has 0 spiro atoms. The fourth-order valence-corrected chi connectivity index (χ4v) is 4.10. The maximum Gasteiger partial charge on any atom is 0.320 e. The van der Waals surface area contributed by atoms with E-state index >= 15 is 0 Å². The Morgan fingerprint density at radius 2 is 2.08 bits per heavy atom. The first-order valence-electron chi connectivity index (χ1n) is 8.55. The number of benzene rings is 1. The second kappa shape index (κ2) is 7.06. The number of esters is 1. The van der Waals surface area contributed by atoms with Crippen molar-refractivity contribution in [3.63, 3.8) is 0 Å². The first kappa shape index (κ1) is 17.8. The van der Waals surface area contributed by atoms with Gasteiger partial charge in [0, 0.05) is 17.9 Å². The van der Waals surface area contributed by atoms with Gasteiger partial charge in [-0.3, -0.25) is 4.79 Å². The van der Waals surface area contributed by atoms with E-state index < -0.39 is 0 Å². The number of carbonyl (C=O) groups excluding carboxylic acids is 1. The molecule has 2 N–H and O–H groups in total. The fourth-order valence-electron chi connectivity index (χ4n) is 4.10. The summed E-state index contributed by atoms with van der Waals surface area (Å²) in [4.78, 5) is 13.9. The van der Waals surface area contributed by atoms with E-state index in [9.17, 15) is 4.79 Å². The first-order valence-corrected chi connectivity index (χ1v) is 8.55. The van der Waals surface area contributed by atoms with Crippen molar-refractivity contribution in [2.45, 2.75) is 30.4 Å². The third-order valence-corrected chi connectivity index (χ3v) is 5.44. The van der Waals surface area contributed by atoms with Crippen molar-refractivity contribution in [1.29, 1.82) is 0 Å². The van der Waals surface area contributed by atoms with Crippen molar-refractivity contribution in [3.8, 4) is 11.5 Å². The van der Waals surface area contributed by atoms with Crippen LogP contribution in [0, 0.1) is 0 Å². The number of rotatable bonds is 5. The molecule has 136 valence electrons. The summed E-state index contributed by atoms with van der Waals surface area (Å²) < 4.78 is 16.3. The number of nitrogens with zero attached hydrogens (tertiary/aromatic N) is 1. The summed E-state index contributed by atoms with van der Waals surface area (Å²) in [5, 5.41) is 0. The molecule has 0 amide bonds. The molecule has 0 aromatic heterocycles. The number of likely N-dealkylation sites (N-methyl/N-ethyl adjacent to an activating group) is 1. The van der Waals surface area contributed by atoms with Crippen LogP contribution in [0.1, 0.15) is 18.4 Å². The molecule has 0 saturated carbocycles. The van der Waals surface area contributed by atoms with Gasteiger partial charge in [-0.05, 0) is 43.8 Å². The topological polar surface area (TPSA) is 74.0 Å². The largest absolute Gasteiger partial charge is 0.493 e. The lowest BCUT2D eigenvalue weighted by Crippen LogP contribution is -2.45. The highest BCUT2D eigenvalue weighted by Gasteiger charge is 2.48. The molecule has 1 fully saturated rings. The van der Waals surface area contributed by atoms with E-state index in [1.807, 2.05) is 12.1 Å². The maximum atomic E-state index is 11.5. The quantitative estimate of drug-likeness (QED) is 0.643. The van der Waals surface area contributed by atoms with E-state index in [2.05, 4.69) is 30.2 Å². The number of ether oxygens (including phenoxy) is 3. The summed E-state index contributed by atoms with van der Waals surface area (Å²) in [5.74, 6) is 1.08. The molecule has 6 nitrogen and oxygen atoms in total. The second-order valence-corrected chi connectivity index (χ2v) is 6.68. The number of nitrogens with two attached hydrogens (primary N) is 1. The van der Waals surface area contributed by atoms with Crippen LogP contribution in [0.3, 0.4) is 0 Å². The molecular formula is C19H26N2O4. The highest BCUT2D eigenvalue weighted by atomic mass is 16.5. The molecule has 1 aromatic carbocycles. The molecule has 1 aromatic rings. The minimum atomic E-state index is -0.367. The Labute approximate surface area is 148 Å². The minimum absolute atomic E-state index is 0.0916. The van der Waals surface area contributed by atoms with Crippen LogP contribution < -0.4 is 15.2 Å². The van der Waals surface area contributed by atoms with E-state index in [0.717, 1.165) is 30.9 Å². The Balaban J connectivity index is 1.95. The number of methoxy groups -OCH3 is 2. The molecule has 1 aliphatic heterocycles. The highest BCUT2D eigenvalue weighted by molar-refractivity contribution is 5.71. The van der Waals surface area contributed by atoms with E-state index in [1.54, 1.807) is 14.2 Å². The Hall–Kier alpha value is -2.05. The van der Waals surface area contributed by atoms with Gasteiger partial charge in [0.15, 0.2) is 11.5 Å². The van der Waals surface area contributed by atoms with Crippen LogP contribution in [0.2, 0.25) is 0 Å². The Kier molecular flexibility index (Phi) is 5.01. The van der Waals surface area contributed by atoms with Gasteiger partial charge in [-0.25, -0.2) is 0 Å². The number of carbonyl (C=O) groups is 1. The van der Waals surface area contributed by atoms with Gasteiger partial charge < -0.3 is 24.8 Å². The Morgan fingerprint density at radius 1 is 1.32 bits per heavy atom. The summed E-state index contributed by atoms with van der Waals surface area (Å²) in [6, 6.07) is 6.37. The molecule has 1 saturated heterocycles. The summed E-state index contributed by atoms with van der Waals surface area (Å²) in [5.41, 5.74) is 6.45. The van der Waals surface area contributed by atoms with Crippen LogP contribution in [-0.2, 0) is 14.9 Å². The lowest BCUT2D eigenvalue weighted by atomic mass is 9.69. The van der Waals surface area contributed by atoms with Crippen molar-refractivity contribution in [3.05, 3.63) is 35.9 Å². The van der Waals surface area contributed by atoms with Crippen LogP contribution in [-0.4, -0.2) is 57.4 Å². The molecule has 0 unspecified atom stereocenters. The fraction of sp³-hybridized carbons (Fsp3) is 0.526. The van der Waals surface area contributed by atoms with Gasteiger partial charge in [-0.2, -0.15) is 0 Å². The molecule has 0 bridgehead atoms. The smallest absolute Gasteiger partial charge is 0.320 e. The third kappa shape index (κ3) is 3.12. The summed E-state index contributed by atoms with van der Waals surface area (Å²) in [7, 11) is 5.41. The number of fused-ring (bicyclic) bond motifs is 1. The predicted octanol–water partition coefficient (Wildman–Crippen LogP) is 1.48. The van der Waals surface area contributed by atoms with E-state index in [4.69, 9.17) is 19.9 Å². The lowest BCUT2D eigenvalue weighted by Gasteiger charge is -2.40. The van der Waals surface area contributed by atoms with E-state index in [1.165, 1.54) is 5.56 Å². The average molecular weight is 346 g/mol. The lowest BCUT2D eigenvalue weighted by molar-refractivity contribution is -0.146. The Morgan fingerprint density at radius 3 is 2.76 bits per heavy atom. The van der Waals surface area contributed by atoms with Crippen molar-refractivity contribution in [1.82, 2.24) is 4.90 Å². The highest BCUT2D eigenvalue weighted by Crippen LogP contribution is 2.47. The SMILES string of the molecule is COc1ccc([C@@]23C=C[C@@H](OC(=O)CN)C[C@@H]2N(C)CC3)cc1OC. The minimum Gasteiger partial charge on any atom is -0.493 e.